The van der Waals surface area contributed by atoms with E-state index in [4.69, 9.17) is 5.73 Å². The van der Waals surface area contributed by atoms with Gasteiger partial charge in [-0.25, -0.2) is 4.79 Å². The average Bonchev–Trinajstić information content (AvgIpc) is 2.03. The van der Waals surface area contributed by atoms with Crippen LogP contribution in [0.1, 0.15) is 6.42 Å². The Morgan fingerprint density at radius 1 is 1.67 bits per heavy atom. The molecule has 0 bridgehead atoms. The molecule has 0 aliphatic rings. The van der Waals surface area contributed by atoms with Gasteiger partial charge in [0.15, 0.2) is 0 Å². The second-order valence-corrected chi connectivity index (χ2v) is 2.85. The standard InChI is InChI=1S/C7H11N3OS/c8-6-2-4-10(3-1-5-12)7(11)9-6/h2,4,12H,1,3,5H2,(H2,8,9,11). The van der Waals surface area contributed by atoms with Gasteiger partial charge in [0, 0.05) is 12.7 Å². The van der Waals surface area contributed by atoms with Gasteiger partial charge in [-0.05, 0) is 18.2 Å². The minimum atomic E-state index is -0.295. The molecule has 66 valence electrons. The molecule has 0 atom stereocenters. The highest BCUT2D eigenvalue weighted by molar-refractivity contribution is 7.80. The molecular formula is C7H11N3OS. The van der Waals surface area contributed by atoms with E-state index in [2.05, 4.69) is 17.6 Å². The van der Waals surface area contributed by atoms with Crippen LogP contribution in [0.5, 0.6) is 0 Å². The zero-order chi connectivity index (χ0) is 8.97. The summed E-state index contributed by atoms with van der Waals surface area (Å²) >= 11 is 4.04. The maximum Gasteiger partial charge on any atom is 0.349 e. The molecule has 12 heavy (non-hydrogen) atoms. The van der Waals surface area contributed by atoms with E-state index < -0.39 is 0 Å². The summed E-state index contributed by atoms with van der Waals surface area (Å²) in [5, 5.41) is 0. The number of aromatic nitrogens is 2. The summed E-state index contributed by atoms with van der Waals surface area (Å²) in [7, 11) is 0. The molecule has 0 amide bonds. The summed E-state index contributed by atoms with van der Waals surface area (Å²) in [5.74, 6) is 1.03. The lowest BCUT2D eigenvalue weighted by molar-refractivity contribution is 0.641. The third-order valence-electron chi connectivity index (χ3n) is 1.45. The fraction of sp³-hybridized carbons (Fsp3) is 0.429. The van der Waals surface area contributed by atoms with Gasteiger partial charge in [-0.3, -0.25) is 4.57 Å². The molecule has 1 aromatic rings. The van der Waals surface area contributed by atoms with Crippen molar-refractivity contribution in [1.82, 2.24) is 9.55 Å². The number of aryl methyl sites for hydroxylation is 1. The zero-order valence-corrected chi connectivity index (χ0v) is 7.50. The molecule has 0 radical (unpaired) electrons. The van der Waals surface area contributed by atoms with Crippen LogP contribution in [0.3, 0.4) is 0 Å². The summed E-state index contributed by atoms with van der Waals surface area (Å²) in [4.78, 5) is 14.7. The van der Waals surface area contributed by atoms with E-state index in [1.165, 1.54) is 4.57 Å². The van der Waals surface area contributed by atoms with Gasteiger partial charge in [0.2, 0.25) is 0 Å². The van der Waals surface area contributed by atoms with Crippen molar-refractivity contribution in [3.05, 3.63) is 22.7 Å². The molecular weight excluding hydrogens is 174 g/mol. The molecule has 0 saturated heterocycles. The molecule has 4 nitrogen and oxygen atoms in total. The van der Waals surface area contributed by atoms with Gasteiger partial charge in [-0.1, -0.05) is 0 Å². The summed E-state index contributed by atoms with van der Waals surface area (Å²) in [6, 6.07) is 1.61. The Hall–Kier alpha value is -0.970. The van der Waals surface area contributed by atoms with Crippen LogP contribution in [0.15, 0.2) is 17.1 Å². The summed E-state index contributed by atoms with van der Waals surface area (Å²) in [6.07, 6.45) is 2.50. The number of nitrogens with two attached hydrogens (primary N) is 1. The molecule has 2 N–H and O–H groups in total. The van der Waals surface area contributed by atoms with Gasteiger partial charge in [0.25, 0.3) is 0 Å². The largest absolute Gasteiger partial charge is 0.383 e. The first-order chi connectivity index (χ1) is 5.74. The second kappa shape index (κ2) is 4.15. The predicted octanol–water partition coefficient (Wildman–Crippen LogP) is 0.145. The van der Waals surface area contributed by atoms with Crippen LogP contribution in [-0.4, -0.2) is 15.3 Å². The highest BCUT2D eigenvalue weighted by Crippen LogP contribution is 1.92. The lowest BCUT2D eigenvalue weighted by Crippen LogP contribution is -2.23. The number of nitrogens with zero attached hydrogens (tertiary/aromatic N) is 2. The highest BCUT2D eigenvalue weighted by Gasteiger charge is 1.95. The van der Waals surface area contributed by atoms with Gasteiger partial charge >= 0.3 is 5.69 Å². The van der Waals surface area contributed by atoms with Crippen LogP contribution in [0.25, 0.3) is 0 Å². The summed E-state index contributed by atoms with van der Waals surface area (Å²) < 4.78 is 1.52. The predicted molar refractivity (Wildman–Crippen MR) is 51.4 cm³/mol. The Morgan fingerprint density at radius 2 is 2.42 bits per heavy atom. The maximum atomic E-state index is 11.1. The minimum Gasteiger partial charge on any atom is -0.383 e. The average molecular weight is 185 g/mol. The van der Waals surface area contributed by atoms with Gasteiger partial charge in [0.1, 0.15) is 5.82 Å². The van der Waals surface area contributed by atoms with Gasteiger partial charge in [-0.15, -0.1) is 0 Å². The quantitative estimate of drug-likeness (QED) is 0.659. The Balaban J connectivity index is 2.80. The normalized spacial score (nSPS) is 10.1. The van der Waals surface area contributed by atoms with Crippen LogP contribution < -0.4 is 11.4 Å². The third-order valence-corrected chi connectivity index (χ3v) is 1.77. The Bertz CT molecular complexity index is 310. The molecule has 1 rings (SSSR count). The van der Waals surface area contributed by atoms with E-state index in [1.807, 2.05) is 0 Å². The fourth-order valence-corrected chi connectivity index (χ4v) is 0.995. The molecule has 1 aromatic heterocycles. The van der Waals surface area contributed by atoms with Gasteiger partial charge < -0.3 is 5.73 Å². The fourth-order valence-electron chi connectivity index (χ4n) is 0.853. The second-order valence-electron chi connectivity index (χ2n) is 2.41. The van der Waals surface area contributed by atoms with Crippen molar-refractivity contribution in [1.29, 1.82) is 0 Å². The van der Waals surface area contributed by atoms with Crippen molar-refractivity contribution in [2.75, 3.05) is 11.5 Å². The monoisotopic (exact) mass is 185 g/mol. The van der Waals surface area contributed by atoms with Crippen LogP contribution in [-0.2, 0) is 6.54 Å². The zero-order valence-electron chi connectivity index (χ0n) is 6.60. The lowest BCUT2D eigenvalue weighted by atomic mass is 10.4. The number of thiol groups is 1. The van der Waals surface area contributed by atoms with E-state index in [0.29, 0.717) is 6.54 Å². The molecule has 5 heteroatoms. The topological polar surface area (TPSA) is 60.9 Å². The first-order valence-corrected chi connectivity index (χ1v) is 4.31. The van der Waals surface area contributed by atoms with Crippen molar-refractivity contribution in [2.45, 2.75) is 13.0 Å². The van der Waals surface area contributed by atoms with E-state index >= 15 is 0 Å². The van der Waals surface area contributed by atoms with Crippen molar-refractivity contribution in [2.24, 2.45) is 0 Å². The maximum absolute atomic E-state index is 11.1. The Morgan fingerprint density at radius 3 is 3.00 bits per heavy atom. The van der Waals surface area contributed by atoms with Crippen LogP contribution >= 0.6 is 12.6 Å². The first kappa shape index (κ1) is 9.12. The molecule has 1 heterocycles. The smallest absolute Gasteiger partial charge is 0.349 e. The van der Waals surface area contributed by atoms with E-state index in [9.17, 15) is 4.79 Å². The third kappa shape index (κ3) is 2.27. The Labute approximate surface area is 75.8 Å². The van der Waals surface area contributed by atoms with E-state index in [-0.39, 0.29) is 11.5 Å². The minimum absolute atomic E-state index is 0.266. The number of nitrogen functional groups attached to an aromatic ring is 1. The number of hydrogen-bond acceptors (Lipinski definition) is 4. The molecule has 0 aliphatic carbocycles. The lowest BCUT2D eigenvalue weighted by Gasteiger charge is -2.02. The molecule has 0 fully saturated rings. The van der Waals surface area contributed by atoms with Crippen molar-refractivity contribution in [3.8, 4) is 0 Å². The van der Waals surface area contributed by atoms with Gasteiger partial charge in [-0.2, -0.15) is 17.6 Å². The number of rotatable bonds is 3. The number of hydrogen-bond donors (Lipinski definition) is 2. The van der Waals surface area contributed by atoms with E-state index in [0.717, 1.165) is 12.2 Å². The van der Waals surface area contributed by atoms with Crippen LogP contribution in [0.2, 0.25) is 0 Å². The first-order valence-electron chi connectivity index (χ1n) is 3.68. The summed E-state index contributed by atoms with van der Waals surface area (Å²) in [5.41, 5.74) is 5.02. The molecule has 0 spiro atoms. The van der Waals surface area contributed by atoms with Crippen molar-refractivity contribution >= 4 is 18.4 Å². The van der Waals surface area contributed by atoms with Crippen LogP contribution in [0, 0.1) is 0 Å². The van der Waals surface area contributed by atoms with Gasteiger partial charge in [0.05, 0.1) is 0 Å². The number of anilines is 1. The van der Waals surface area contributed by atoms with Crippen molar-refractivity contribution < 1.29 is 0 Å². The van der Waals surface area contributed by atoms with Crippen molar-refractivity contribution in [3.63, 3.8) is 0 Å². The molecule has 0 aromatic carbocycles. The highest BCUT2D eigenvalue weighted by atomic mass is 32.1. The summed E-state index contributed by atoms with van der Waals surface area (Å²) in [6.45, 7) is 0.648. The molecule has 0 saturated carbocycles. The van der Waals surface area contributed by atoms with Crippen LogP contribution in [0.4, 0.5) is 5.82 Å². The molecule has 0 unspecified atom stereocenters. The Kier molecular flexibility index (Phi) is 3.16. The molecule has 0 aliphatic heterocycles. The SMILES string of the molecule is Nc1ccn(CCCS)c(=O)n1. The van der Waals surface area contributed by atoms with E-state index in [1.54, 1.807) is 12.3 Å².